The van der Waals surface area contributed by atoms with Gasteiger partial charge in [0.25, 0.3) is 0 Å². The van der Waals surface area contributed by atoms with Crippen LogP contribution < -0.4 is 5.32 Å². The third kappa shape index (κ3) is 4.40. The molecule has 1 fully saturated rings. The van der Waals surface area contributed by atoms with Crippen LogP contribution in [0.3, 0.4) is 0 Å². The largest absolute Gasteiger partial charge is 0.383 e. The summed E-state index contributed by atoms with van der Waals surface area (Å²) < 4.78 is 5.28. The number of likely N-dealkylation sites (N-methyl/N-ethyl adjacent to an activating group) is 2. The summed E-state index contributed by atoms with van der Waals surface area (Å²) in [5.74, 6) is 0. The highest BCUT2D eigenvalue weighted by molar-refractivity contribution is 4.80. The number of hydrogen-bond acceptors (Lipinski definition) is 3. The quantitative estimate of drug-likeness (QED) is 0.686. The van der Waals surface area contributed by atoms with Crippen molar-refractivity contribution in [3.05, 3.63) is 0 Å². The molecule has 3 heteroatoms. The second-order valence-electron chi connectivity index (χ2n) is 4.74. The molecule has 0 aromatic rings. The van der Waals surface area contributed by atoms with E-state index in [1.54, 1.807) is 7.11 Å². The van der Waals surface area contributed by atoms with Crippen LogP contribution in [0.4, 0.5) is 0 Å². The molecule has 1 aliphatic carbocycles. The molecule has 0 radical (unpaired) electrons. The van der Waals surface area contributed by atoms with Crippen LogP contribution in [0.15, 0.2) is 0 Å². The Labute approximate surface area is 101 Å². The van der Waals surface area contributed by atoms with Gasteiger partial charge in [0, 0.05) is 25.7 Å². The Balaban J connectivity index is 2.38. The summed E-state index contributed by atoms with van der Waals surface area (Å²) in [6.45, 7) is 8.56. The van der Waals surface area contributed by atoms with E-state index in [9.17, 15) is 0 Å². The van der Waals surface area contributed by atoms with Crippen LogP contribution in [-0.4, -0.2) is 50.3 Å². The maximum atomic E-state index is 5.28. The zero-order valence-corrected chi connectivity index (χ0v) is 11.2. The Morgan fingerprint density at radius 3 is 2.50 bits per heavy atom. The second-order valence-corrected chi connectivity index (χ2v) is 4.74. The first kappa shape index (κ1) is 13.9. The van der Waals surface area contributed by atoms with Gasteiger partial charge in [0.1, 0.15) is 0 Å². The van der Waals surface area contributed by atoms with Crippen molar-refractivity contribution >= 4 is 0 Å². The lowest BCUT2D eigenvalue weighted by molar-refractivity contribution is 0.122. The first-order chi connectivity index (χ1) is 7.81. The average molecular weight is 228 g/mol. The lowest BCUT2D eigenvalue weighted by Gasteiger charge is -2.31. The highest BCUT2D eigenvalue weighted by atomic mass is 16.5. The van der Waals surface area contributed by atoms with Crippen molar-refractivity contribution in [3.8, 4) is 0 Å². The smallest absolute Gasteiger partial charge is 0.0628 e. The predicted molar refractivity (Wildman–Crippen MR) is 68.8 cm³/mol. The van der Waals surface area contributed by atoms with Crippen LogP contribution in [0, 0.1) is 0 Å². The maximum absolute atomic E-state index is 5.28. The first-order valence-corrected chi connectivity index (χ1v) is 6.78. The fourth-order valence-corrected chi connectivity index (χ4v) is 2.75. The molecule has 0 spiro atoms. The Morgan fingerprint density at radius 1 is 1.31 bits per heavy atom. The topological polar surface area (TPSA) is 24.5 Å². The van der Waals surface area contributed by atoms with Gasteiger partial charge in [-0.25, -0.2) is 0 Å². The summed E-state index contributed by atoms with van der Waals surface area (Å²) in [6, 6.07) is 1.30. The van der Waals surface area contributed by atoms with E-state index >= 15 is 0 Å². The van der Waals surface area contributed by atoms with Gasteiger partial charge < -0.3 is 10.1 Å². The maximum Gasteiger partial charge on any atom is 0.0628 e. The van der Waals surface area contributed by atoms with Gasteiger partial charge in [-0.15, -0.1) is 0 Å². The van der Waals surface area contributed by atoms with Crippen molar-refractivity contribution in [1.82, 2.24) is 10.2 Å². The summed E-state index contributed by atoms with van der Waals surface area (Å²) in [5.41, 5.74) is 0. The molecule has 0 heterocycles. The predicted octanol–water partition coefficient (Wildman–Crippen LogP) is 1.88. The molecular weight excluding hydrogens is 200 g/mol. The van der Waals surface area contributed by atoms with Gasteiger partial charge in [-0.1, -0.05) is 26.7 Å². The van der Waals surface area contributed by atoms with E-state index in [1.165, 1.54) is 25.7 Å². The van der Waals surface area contributed by atoms with Crippen LogP contribution in [0.25, 0.3) is 0 Å². The molecular formula is C13H28N2O. The second kappa shape index (κ2) is 8.04. The molecule has 96 valence electrons. The minimum atomic E-state index is 0.482. The van der Waals surface area contributed by atoms with Crippen molar-refractivity contribution in [2.45, 2.75) is 51.6 Å². The van der Waals surface area contributed by atoms with Gasteiger partial charge in [-0.05, 0) is 25.9 Å². The molecule has 1 aliphatic rings. The third-order valence-electron chi connectivity index (χ3n) is 3.56. The molecule has 0 bridgehead atoms. The Hall–Kier alpha value is -0.120. The monoisotopic (exact) mass is 228 g/mol. The lowest BCUT2D eigenvalue weighted by Crippen LogP contribution is -2.46. The highest BCUT2D eigenvalue weighted by Gasteiger charge is 2.23. The van der Waals surface area contributed by atoms with Gasteiger partial charge in [-0.3, -0.25) is 4.90 Å². The molecule has 1 rings (SSSR count). The molecule has 0 aromatic heterocycles. The van der Waals surface area contributed by atoms with Gasteiger partial charge in [0.2, 0.25) is 0 Å². The standard InChI is InChI=1S/C13H28N2O/c1-4-14-12(11-16-3)10-15(5-2)13-8-6-7-9-13/h12-14H,4-11H2,1-3H3. The number of nitrogens with zero attached hydrogens (tertiary/aromatic N) is 1. The van der Waals surface area contributed by atoms with Crippen molar-refractivity contribution < 1.29 is 4.74 Å². The Morgan fingerprint density at radius 2 is 2.00 bits per heavy atom. The van der Waals surface area contributed by atoms with Crippen LogP contribution >= 0.6 is 0 Å². The fourth-order valence-electron chi connectivity index (χ4n) is 2.75. The zero-order valence-electron chi connectivity index (χ0n) is 11.2. The first-order valence-electron chi connectivity index (χ1n) is 6.78. The van der Waals surface area contributed by atoms with E-state index in [0.29, 0.717) is 6.04 Å². The van der Waals surface area contributed by atoms with E-state index < -0.39 is 0 Å². The van der Waals surface area contributed by atoms with E-state index in [4.69, 9.17) is 4.74 Å². The van der Waals surface area contributed by atoms with Crippen molar-refractivity contribution in [2.24, 2.45) is 0 Å². The third-order valence-corrected chi connectivity index (χ3v) is 3.56. The molecule has 1 saturated carbocycles. The van der Waals surface area contributed by atoms with Crippen LogP contribution in [-0.2, 0) is 4.74 Å². The number of hydrogen-bond donors (Lipinski definition) is 1. The van der Waals surface area contributed by atoms with Crippen LogP contribution in [0.2, 0.25) is 0 Å². The van der Waals surface area contributed by atoms with Crippen molar-refractivity contribution in [1.29, 1.82) is 0 Å². The van der Waals surface area contributed by atoms with Gasteiger partial charge in [0.05, 0.1) is 6.61 Å². The van der Waals surface area contributed by atoms with Crippen molar-refractivity contribution in [3.63, 3.8) is 0 Å². The minimum absolute atomic E-state index is 0.482. The summed E-state index contributed by atoms with van der Waals surface area (Å²) in [4.78, 5) is 2.62. The molecule has 16 heavy (non-hydrogen) atoms. The molecule has 0 aromatic carbocycles. The zero-order chi connectivity index (χ0) is 11.8. The molecule has 1 atom stereocenters. The summed E-state index contributed by atoms with van der Waals surface area (Å²) in [6.07, 6.45) is 5.61. The molecule has 0 saturated heterocycles. The number of rotatable bonds is 8. The SMILES string of the molecule is CCNC(COC)CN(CC)C1CCCC1. The normalized spacial score (nSPS) is 19.5. The van der Waals surface area contributed by atoms with Gasteiger partial charge in [0.15, 0.2) is 0 Å². The van der Waals surface area contributed by atoms with Crippen LogP contribution in [0.5, 0.6) is 0 Å². The molecule has 0 aliphatic heterocycles. The Bertz CT molecular complexity index is 163. The molecule has 1 unspecified atom stereocenters. The Kier molecular flexibility index (Phi) is 7.01. The summed E-state index contributed by atoms with van der Waals surface area (Å²) >= 11 is 0. The average Bonchev–Trinajstić information content (AvgIpc) is 2.79. The van der Waals surface area contributed by atoms with E-state index in [0.717, 1.165) is 32.3 Å². The summed E-state index contributed by atoms with van der Waals surface area (Å²) in [7, 11) is 1.79. The van der Waals surface area contributed by atoms with E-state index in [-0.39, 0.29) is 0 Å². The fraction of sp³-hybridized carbons (Fsp3) is 1.00. The van der Waals surface area contributed by atoms with E-state index in [2.05, 4.69) is 24.1 Å². The lowest BCUT2D eigenvalue weighted by atomic mass is 10.2. The number of methoxy groups -OCH3 is 1. The highest BCUT2D eigenvalue weighted by Crippen LogP contribution is 2.23. The molecule has 3 nitrogen and oxygen atoms in total. The van der Waals surface area contributed by atoms with Crippen LogP contribution in [0.1, 0.15) is 39.5 Å². The molecule has 1 N–H and O–H groups in total. The van der Waals surface area contributed by atoms with Crippen molar-refractivity contribution in [2.75, 3.05) is 33.4 Å². The number of ether oxygens (including phenoxy) is 1. The number of nitrogens with one attached hydrogen (secondary N) is 1. The van der Waals surface area contributed by atoms with E-state index in [1.807, 2.05) is 0 Å². The summed E-state index contributed by atoms with van der Waals surface area (Å²) in [5, 5.41) is 3.51. The molecule has 0 amide bonds. The van der Waals surface area contributed by atoms with Gasteiger partial charge in [-0.2, -0.15) is 0 Å². The van der Waals surface area contributed by atoms with Gasteiger partial charge >= 0.3 is 0 Å². The minimum Gasteiger partial charge on any atom is -0.383 e.